The molecule has 0 saturated carbocycles. The predicted molar refractivity (Wildman–Crippen MR) is 57.4 cm³/mol. The van der Waals surface area contributed by atoms with Gasteiger partial charge >= 0.3 is 6.03 Å². The maximum absolute atomic E-state index is 11.1. The van der Waals surface area contributed by atoms with Crippen LogP contribution in [0.3, 0.4) is 0 Å². The number of carbonyl (C=O) groups is 2. The number of nitrogens with zero attached hydrogens (tertiary/aromatic N) is 1. The van der Waals surface area contributed by atoms with Gasteiger partial charge < -0.3 is 5.32 Å². The lowest BCUT2D eigenvalue weighted by Gasteiger charge is -2.11. The van der Waals surface area contributed by atoms with Crippen LogP contribution in [-0.2, 0) is 4.79 Å². The maximum Gasteiger partial charge on any atom is 0.324 e. The second kappa shape index (κ2) is 6.01. The molecule has 0 spiro atoms. The van der Waals surface area contributed by atoms with E-state index in [1.54, 1.807) is 0 Å². The second-order valence-corrected chi connectivity index (χ2v) is 4.10. The van der Waals surface area contributed by atoms with Gasteiger partial charge in [-0.3, -0.25) is 9.69 Å². The summed E-state index contributed by atoms with van der Waals surface area (Å²) in [7, 11) is 0. The van der Waals surface area contributed by atoms with Gasteiger partial charge in [0.05, 0.1) is 6.54 Å². The lowest BCUT2D eigenvalue weighted by molar-refractivity contribution is -0.125. The number of alkyl halides is 1. The van der Waals surface area contributed by atoms with Crippen molar-refractivity contribution >= 4 is 27.9 Å². The fourth-order valence-corrected chi connectivity index (χ4v) is 1.80. The molecule has 14 heavy (non-hydrogen) atoms. The molecule has 1 aliphatic rings. The zero-order valence-corrected chi connectivity index (χ0v) is 9.68. The Hall–Kier alpha value is -0.580. The van der Waals surface area contributed by atoms with Crippen LogP contribution in [0.1, 0.15) is 25.7 Å². The second-order valence-electron chi connectivity index (χ2n) is 3.31. The number of carbonyl (C=O) groups excluding carboxylic acids is 2. The van der Waals surface area contributed by atoms with Crippen molar-refractivity contribution < 1.29 is 9.59 Å². The van der Waals surface area contributed by atoms with Crippen LogP contribution in [0.4, 0.5) is 4.79 Å². The molecule has 80 valence electrons. The van der Waals surface area contributed by atoms with Gasteiger partial charge in [-0.25, -0.2) is 4.79 Å². The van der Waals surface area contributed by atoms with Crippen LogP contribution in [0, 0.1) is 0 Å². The molecule has 1 fully saturated rings. The topological polar surface area (TPSA) is 49.4 Å². The molecule has 5 heteroatoms. The average Bonchev–Trinajstić information content (AvgIpc) is 2.48. The Kier molecular flexibility index (Phi) is 4.93. The summed E-state index contributed by atoms with van der Waals surface area (Å²) in [5, 5.41) is 3.53. The SMILES string of the molecule is O=C1CNC(=O)N1CCCCCCBr. The van der Waals surface area contributed by atoms with E-state index < -0.39 is 0 Å². The molecular formula is C9H15BrN2O2. The van der Waals surface area contributed by atoms with Gasteiger partial charge in [0.2, 0.25) is 5.91 Å². The third-order valence-corrected chi connectivity index (χ3v) is 2.76. The van der Waals surface area contributed by atoms with E-state index in [1.165, 1.54) is 4.90 Å². The van der Waals surface area contributed by atoms with E-state index in [0.29, 0.717) is 6.54 Å². The summed E-state index contributed by atoms with van der Waals surface area (Å²) in [6.45, 7) is 0.729. The number of hydrogen-bond donors (Lipinski definition) is 1. The molecule has 1 heterocycles. The van der Waals surface area contributed by atoms with Crippen LogP contribution >= 0.6 is 15.9 Å². The van der Waals surface area contributed by atoms with E-state index in [4.69, 9.17) is 0 Å². The van der Waals surface area contributed by atoms with E-state index in [9.17, 15) is 9.59 Å². The normalized spacial score (nSPS) is 16.2. The van der Waals surface area contributed by atoms with Crippen LogP contribution in [0.5, 0.6) is 0 Å². The lowest BCUT2D eigenvalue weighted by Crippen LogP contribution is -2.31. The largest absolute Gasteiger partial charge is 0.329 e. The summed E-state index contributed by atoms with van der Waals surface area (Å²) >= 11 is 3.36. The summed E-state index contributed by atoms with van der Waals surface area (Å²) in [4.78, 5) is 23.5. The quantitative estimate of drug-likeness (QED) is 0.448. The zero-order chi connectivity index (χ0) is 10.4. The van der Waals surface area contributed by atoms with Crippen LogP contribution in [0.25, 0.3) is 0 Å². The number of rotatable bonds is 6. The molecule has 1 saturated heterocycles. The minimum atomic E-state index is -0.240. The van der Waals surface area contributed by atoms with Gasteiger partial charge in [-0.2, -0.15) is 0 Å². The molecule has 0 radical (unpaired) electrons. The van der Waals surface area contributed by atoms with Crippen molar-refractivity contribution in [2.75, 3.05) is 18.4 Å². The van der Waals surface area contributed by atoms with E-state index in [-0.39, 0.29) is 18.5 Å². The molecule has 0 atom stereocenters. The molecule has 1 rings (SSSR count). The summed E-state index contributed by atoms with van der Waals surface area (Å²) in [6, 6.07) is -0.240. The number of nitrogens with one attached hydrogen (secondary N) is 1. The van der Waals surface area contributed by atoms with Crippen molar-refractivity contribution in [3.8, 4) is 0 Å². The fraction of sp³-hybridized carbons (Fsp3) is 0.778. The average molecular weight is 263 g/mol. The Bertz CT molecular complexity index is 205. The Morgan fingerprint density at radius 1 is 1.21 bits per heavy atom. The molecule has 3 amide bonds. The standard InChI is InChI=1S/C9H15BrN2O2/c10-5-3-1-2-4-6-12-8(13)7-11-9(12)14/h1-7H2,(H,11,14). The third kappa shape index (κ3) is 3.29. The summed E-state index contributed by atoms with van der Waals surface area (Å²) in [5.41, 5.74) is 0. The van der Waals surface area contributed by atoms with Crippen molar-refractivity contribution in [1.29, 1.82) is 0 Å². The lowest BCUT2D eigenvalue weighted by atomic mass is 10.2. The number of imide groups is 1. The van der Waals surface area contributed by atoms with Gasteiger partial charge in [-0.1, -0.05) is 28.8 Å². The summed E-state index contributed by atoms with van der Waals surface area (Å²) in [5.74, 6) is -0.101. The highest BCUT2D eigenvalue weighted by Gasteiger charge is 2.27. The molecule has 0 aromatic carbocycles. The Morgan fingerprint density at radius 2 is 1.93 bits per heavy atom. The highest BCUT2D eigenvalue weighted by Crippen LogP contribution is 2.06. The molecule has 1 N–H and O–H groups in total. The van der Waals surface area contributed by atoms with E-state index in [0.717, 1.165) is 31.0 Å². The number of halogens is 1. The monoisotopic (exact) mass is 262 g/mol. The van der Waals surface area contributed by atoms with Gasteiger partial charge in [0, 0.05) is 11.9 Å². The molecule has 4 nitrogen and oxygen atoms in total. The number of urea groups is 1. The molecule has 1 aliphatic heterocycles. The first kappa shape index (κ1) is 11.5. The molecular weight excluding hydrogens is 248 g/mol. The maximum atomic E-state index is 11.1. The van der Waals surface area contributed by atoms with Gasteiger partial charge in [0.1, 0.15) is 0 Å². The zero-order valence-electron chi connectivity index (χ0n) is 8.09. The molecule has 0 aliphatic carbocycles. The minimum absolute atomic E-state index is 0.101. The van der Waals surface area contributed by atoms with Crippen LogP contribution < -0.4 is 5.32 Å². The Labute approximate surface area is 92.2 Å². The highest BCUT2D eigenvalue weighted by molar-refractivity contribution is 9.09. The molecule has 0 unspecified atom stereocenters. The number of unbranched alkanes of at least 4 members (excludes halogenated alkanes) is 3. The van der Waals surface area contributed by atoms with Crippen molar-refractivity contribution in [2.45, 2.75) is 25.7 Å². The van der Waals surface area contributed by atoms with Crippen LogP contribution in [-0.4, -0.2) is 35.3 Å². The highest BCUT2D eigenvalue weighted by atomic mass is 79.9. The van der Waals surface area contributed by atoms with Crippen molar-refractivity contribution in [3.63, 3.8) is 0 Å². The van der Waals surface area contributed by atoms with Gasteiger partial charge in [0.25, 0.3) is 0 Å². The fourth-order valence-electron chi connectivity index (χ4n) is 1.40. The smallest absolute Gasteiger partial charge is 0.324 e. The van der Waals surface area contributed by atoms with Crippen LogP contribution in [0.2, 0.25) is 0 Å². The van der Waals surface area contributed by atoms with E-state index >= 15 is 0 Å². The van der Waals surface area contributed by atoms with Gasteiger partial charge in [-0.05, 0) is 12.8 Å². The first-order valence-electron chi connectivity index (χ1n) is 4.90. The van der Waals surface area contributed by atoms with Gasteiger partial charge in [-0.15, -0.1) is 0 Å². The first-order chi connectivity index (χ1) is 6.75. The summed E-state index contributed by atoms with van der Waals surface area (Å²) < 4.78 is 0. The third-order valence-electron chi connectivity index (χ3n) is 2.20. The molecule has 0 aromatic rings. The number of hydrogen-bond acceptors (Lipinski definition) is 2. The Morgan fingerprint density at radius 3 is 2.50 bits per heavy atom. The van der Waals surface area contributed by atoms with Crippen molar-refractivity contribution in [3.05, 3.63) is 0 Å². The predicted octanol–water partition coefficient (Wildman–Crippen LogP) is 1.49. The molecule has 0 aromatic heterocycles. The number of amides is 3. The van der Waals surface area contributed by atoms with Crippen molar-refractivity contribution in [1.82, 2.24) is 10.2 Å². The van der Waals surface area contributed by atoms with Crippen molar-refractivity contribution in [2.24, 2.45) is 0 Å². The van der Waals surface area contributed by atoms with E-state index in [2.05, 4.69) is 21.2 Å². The Balaban J connectivity index is 2.11. The van der Waals surface area contributed by atoms with Gasteiger partial charge in [0.15, 0.2) is 0 Å². The van der Waals surface area contributed by atoms with E-state index in [1.807, 2.05) is 0 Å². The van der Waals surface area contributed by atoms with Crippen LogP contribution in [0.15, 0.2) is 0 Å². The summed E-state index contributed by atoms with van der Waals surface area (Å²) in [6.07, 6.45) is 4.28. The first-order valence-corrected chi connectivity index (χ1v) is 6.02. The minimum Gasteiger partial charge on any atom is -0.329 e. The molecule has 0 bridgehead atoms.